The van der Waals surface area contributed by atoms with Crippen molar-refractivity contribution in [1.82, 2.24) is 10.3 Å². The summed E-state index contributed by atoms with van der Waals surface area (Å²) in [6.07, 6.45) is 15.6. The molecule has 0 aliphatic heterocycles. The molecule has 0 aromatic rings. The number of nitrogens with one attached hydrogen (secondary N) is 1. The van der Waals surface area contributed by atoms with E-state index in [1.54, 1.807) is 5.57 Å². The molecule has 1 atom stereocenters. The monoisotopic (exact) mass is 265 g/mol. The van der Waals surface area contributed by atoms with Gasteiger partial charge in [-0.05, 0) is 52.6 Å². The van der Waals surface area contributed by atoms with Crippen LogP contribution in [0.1, 0.15) is 64.2 Å². The third-order valence-electron chi connectivity index (χ3n) is 5.26. The minimum absolute atomic E-state index is 0.217. The number of allylic oxidation sites excluding steroid dienone is 1. The van der Waals surface area contributed by atoms with Crippen LogP contribution < -0.4 is 11.3 Å². The predicted molar refractivity (Wildman–Crippen MR) is 81.8 cm³/mol. The van der Waals surface area contributed by atoms with Crippen LogP contribution in [0.25, 0.3) is 0 Å². The lowest BCUT2D eigenvalue weighted by Crippen LogP contribution is -2.61. The molecule has 0 spiro atoms. The molecular formula is C16H31N3. The fourth-order valence-corrected chi connectivity index (χ4v) is 4.07. The zero-order chi connectivity index (χ0) is 13.7. The number of rotatable bonds is 4. The molecule has 1 unspecified atom stereocenters. The van der Waals surface area contributed by atoms with E-state index in [1.165, 1.54) is 64.2 Å². The SMILES string of the molecule is CN(C)C1(C(NN)C2=CCCCC2)CCCCCC1. The van der Waals surface area contributed by atoms with Crippen molar-refractivity contribution in [2.45, 2.75) is 75.8 Å². The van der Waals surface area contributed by atoms with Gasteiger partial charge in [0.15, 0.2) is 0 Å². The van der Waals surface area contributed by atoms with Gasteiger partial charge >= 0.3 is 0 Å². The Bertz CT molecular complexity index is 301. The third-order valence-corrected chi connectivity index (χ3v) is 5.26. The Morgan fingerprint density at radius 1 is 1.11 bits per heavy atom. The molecule has 3 heteroatoms. The molecule has 0 amide bonds. The van der Waals surface area contributed by atoms with Crippen molar-refractivity contribution in [2.24, 2.45) is 5.84 Å². The van der Waals surface area contributed by atoms with Crippen LogP contribution in [0.3, 0.4) is 0 Å². The van der Waals surface area contributed by atoms with Crippen LogP contribution in [-0.2, 0) is 0 Å². The first-order valence-electron chi connectivity index (χ1n) is 8.03. The number of hydrazine groups is 1. The van der Waals surface area contributed by atoms with E-state index < -0.39 is 0 Å². The average molecular weight is 265 g/mol. The fraction of sp³-hybridized carbons (Fsp3) is 0.875. The van der Waals surface area contributed by atoms with Crippen LogP contribution in [0.5, 0.6) is 0 Å². The Morgan fingerprint density at radius 3 is 2.26 bits per heavy atom. The summed E-state index contributed by atoms with van der Waals surface area (Å²) < 4.78 is 0. The Hall–Kier alpha value is -0.380. The van der Waals surface area contributed by atoms with Gasteiger partial charge in [0, 0.05) is 5.54 Å². The van der Waals surface area contributed by atoms with E-state index in [1.807, 2.05) is 0 Å². The van der Waals surface area contributed by atoms with Crippen LogP contribution in [0.15, 0.2) is 11.6 Å². The van der Waals surface area contributed by atoms with Crippen LogP contribution in [0, 0.1) is 0 Å². The van der Waals surface area contributed by atoms with E-state index in [9.17, 15) is 0 Å². The van der Waals surface area contributed by atoms with Crippen molar-refractivity contribution >= 4 is 0 Å². The maximum Gasteiger partial charge on any atom is 0.0603 e. The number of hydrogen-bond acceptors (Lipinski definition) is 3. The van der Waals surface area contributed by atoms with Gasteiger partial charge in [-0.3, -0.25) is 11.3 Å². The van der Waals surface area contributed by atoms with Crippen LogP contribution >= 0.6 is 0 Å². The van der Waals surface area contributed by atoms with Crippen molar-refractivity contribution in [3.63, 3.8) is 0 Å². The van der Waals surface area contributed by atoms with E-state index in [4.69, 9.17) is 5.84 Å². The summed E-state index contributed by atoms with van der Waals surface area (Å²) >= 11 is 0. The van der Waals surface area contributed by atoms with Crippen LogP contribution in [0.4, 0.5) is 0 Å². The second-order valence-corrected chi connectivity index (χ2v) is 6.54. The van der Waals surface area contributed by atoms with E-state index >= 15 is 0 Å². The lowest BCUT2D eigenvalue weighted by molar-refractivity contribution is 0.0924. The first-order valence-corrected chi connectivity index (χ1v) is 8.03. The lowest BCUT2D eigenvalue weighted by atomic mass is 9.75. The molecule has 1 saturated carbocycles. The largest absolute Gasteiger partial charge is 0.302 e. The Labute approximate surface area is 118 Å². The maximum atomic E-state index is 5.99. The molecule has 2 aliphatic rings. The van der Waals surface area contributed by atoms with Crippen molar-refractivity contribution in [3.8, 4) is 0 Å². The first-order chi connectivity index (χ1) is 9.20. The van der Waals surface area contributed by atoms with Gasteiger partial charge in [0.25, 0.3) is 0 Å². The highest BCUT2D eigenvalue weighted by Crippen LogP contribution is 2.38. The van der Waals surface area contributed by atoms with Crippen LogP contribution in [0.2, 0.25) is 0 Å². The zero-order valence-electron chi connectivity index (χ0n) is 12.8. The van der Waals surface area contributed by atoms with Crippen molar-refractivity contribution < 1.29 is 0 Å². The Morgan fingerprint density at radius 2 is 1.79 bits per heavy atom. The Kier molecular flexibility index (Phi) is 5.43. The van der Waals surface area contributed by atoms with E-state index in [2.05, 4.69) is 30.5 Å². The zero-order valence-corrected chi connectivity index (χ0v) is 12.8. The number of nitrogens with zero attached hydrogens (tertiary/aromatic N) is 1. The summed E-state index contributed by atoms with van der Waals surface area (Å²) in [5.41, 5.74) is 4.96. The average Bonchev–Trinajstić information content (AvgIpc) is 2.68. The summed E-state index contributed by atoms with van der Waals surface area (Å²) in [4.78, 5) is 2.44. The minimum Gasteiger partial charge on any atom is -0.302 e. The molecule has 2 aliphatic carbocycles. The summed E-state index contributed by atoms with van der Waals surface area (Å²) in [5, 5.41) is 0. The molecule has 110 valence electrons. The number of nitrogens with two attached hydrogens (primary N) is 1. The second kappa shape index (κ2) is 6.87. The van der Waals surface area contributed by atoms with E-state index in [0.717, 1.165) is 0 Å². The van der Waals surface area contributed by atoms with E-state index in [0.29, 0.717) is 6.04 Å². The lowest BCUT2D eigenvalue weighted by Gasteiger charge is -2.47. The normalized spacial score (nSPS) is 25.8. The quantitative estimate of drug-likeness (QED) is 0.355. The molecule has 0 aromatic heterocycles. The molecule has 3 nitrogen and oxygen atoms in total. The molecule has 3 N–H and O–H groups in total. The second-order valence-electron chi connectivity index (χ2n) is 6.54. The highest BCUT2D eigenvalue weighted by Gasteiger charge is 2.42. The van der Waals surface area contributed by atoms with Gasteiger partial charge in [0.1, 0.15) is 0 Å². The summed E-state index contributed by atoms with van der Waals surface area (Å²) in [6.45, 7) is 0. The van der Waals surface area contributed by atoms with Gasteiger partial charge < -0.3 is 4.90 Å². The molecule has 0 aromatic carbocycles. The summed E-state index contributed by atoms with van der Waals surface area (Å²) in [5.74, 6) is 5.99. The van der Waals surface area contributed by atoms with Gasteiger partial charge in [-0.15, -0.1) is 0 Å². The van der Waals surface area contributed by atoms with Gasteiger partial charge in [-0.1, -0.05) is 37.3 Å². The van der Waals surface area contributed by atoms with E-state index in [-0.39, 0.29) is 5.54 Å². The van der Waals surface area contributed by atoms with Crippen molar-refractivity contribution in [2.75, 3.05) is 14.1 Å². The topological polar surface area (TPSA) is 41.3 Å². The Balaban J connectivity index is 2.26. The molecule has 0 bridgehead atoms. The third kappa shape index (κ3) is 3.21. The molecule has 0 saturated heterocycles. The van der Waals surface area contributed by atoms with Crippen molar-refractivity contribution in [1.29, 1.82) is 0 Å². The van der Waals surface area contributed by atoms with Gasteiger partial charge in [0.2, 0.25) is 0 Å². The van der Waals surface area contributed by atoms with Crippen molar-refractivity contribution in [3.05, 3.63) is 11.6 Å². The summed E-state index contributed by atoms with van der Waals surface area (Å²) in [6, 6.07) is 0.334. The predicted octanol–water partition coefficient (Wildman–Crippen LogP) is 2.97. The van der Waals surface area contributed by atoms with Gasteiger partial charge in [-0.25, -0.2) is 0 Å². The van der Waals surface area contributed by atoms with Gasteiger partial charge in [-0.2, -0.15) is 0 Å². The molecule has 2 rings (SSSR count). The number of hydrogen-bond donors (Lipinski definition) is 2. The molecular weight excluding hydrogens is 234 g/mol. The smallest absolute Gasteiger partial charge is 0.0603 e. The highest BCUT2D eigenvalue weighted by atomic mass is 15.3. The fourth-order valence-electron chi connectivity index (χ4n) is 4.07. The highest BCUT2D eigenvalue weighted by molar-refractivity contribution is 5.21. The minimum atomic E-state index is 0.217. The molecule has 1 fully saturated rings. The molecule has 0 radical (unpaired) electrons. The molecule has 0 heterocycles. The standard InChI is InChI=1S/C16H31N3/c1-19(2)16(12-8-3-4-9-13-16)15(18-17)14-10-6-5-7-11-14/h10,15,18H,3-9,11-13,17H2,1-2H3. The van der Waals surface area contributed by atoms with Gasteiger partial charge in [0.05, 0.1) is 6.04 Å². The number of likely N-dealkylation sites (N-methyl/N-ethyl adjacent to an activating group) is 1. The first kappa shape index (κ1) is 15.0. The van der Waals surface area contributed by atoms with Crippen LogP contribution in [-0.4, -0.2) is 30.6 Å². The maximum absolute atomic E-state index is 5.99. The molecule has 19 heavy (non-hydrogen) atoms. The summed E-state index contributed by atoms with van der Waals surface area (Å²) in [7, 11) is 4.47.